The van der Waals surface area contributed by atoms with Crippen molar-refractivity contribution in [2.45, 2.75) is 23.9 Å². The summed E-state index contributed by atoms with van der Waals surface area (Å²) in [5, 5.41) is 7.78. The van der Waals surface area contributed by atoms with E-state index >= 15 is 0 Å². The van der Waals surface area contributed by atoms with Crippen LogP contribution in [0.5, 0.6) is 0 Å². The molecule has 3 aromatic rings. The number of pyridine rings is 1. The molecule has 120 valence electrons. The molecular weight excluding hydrogens is 327 g/mol. The van der Waals surface area contributed by atoms with Crippen LogP contribution in [0.4, 0.5) is 19.0 Å². The van der Waals surface area contributed by atoms with Gasteiger partial charge in [0.1, 0.15) is 0 Å². The second kappa shape index (κ2) is 6.11. The molecule has 23 heavy (non-hydrogen) atoms. The van der Waals surface area contributed by atoms with Gasteiger partial charge in [-0.1, -0.05) is 17.3 Å². The molecule has 0 fully saturated rings. The van der Waals surface area contributed by atoms with Gasteiger partial charge in [0.2, 0.25) is 0 Å². The zero-order valence-electron chi connectivity index (χ0n) is 12.0. The van der Waals surface area contributed by atoms with Crippen LogP contribution in [-0.2, 0) is 6.54 Å². The van der Waals surface area contributed by atoms with Gasteiger partial charge in [0, 0.05) is 17.1 Å². The summed E-state index contributed by atoms with van der Waals surface area (Å²) in [5.41, 5.74) is -2.15. The molecular formula is C15H12F3N3OS. The molecule has 4 nitrogen and oxygen atoms in total. The first kappa shape index (κ1) is 15.7. The lowest BCUT2D eigenvalue weighted by Crippen LogP contribution is -2.01. The molecule has 3 rings (SSSR count). The van der Waals surface area contributed by atoms with Gasteiger partial charge in [-0.2, -0.15) is 13.2 Å². The van der Waals surface area contributed by atoms with E-state index in [9.17, 15) is 13.2 Å². The Bertz CT molecular complexity index is 815. The highest BCUT2D eigenvalue weighted by molar-refractivity contribution is 8.00. The maximum atomic E-state index is 12.3. The molecule has 2 heterocycles. The average Bonchev–Trinajstić information content (AvgIpc) is 2.87. The highest BCUT2D eigenvalue weighted by atomic mass is 32.2. The lowest BCUT2D eigenvalue weighted by atomic mass is 10.2. The summed E-state index contributed by atoms with van der Waals surface area (Å²) >= 11 is -0.128. The standard InChI is InChI=1S/C15H12F3N3OS/c1-9-2-7-12-13(21-22-14(12)20-9)19-8-10-3-5-11(6-4-10)23-15(16,17)18/h2-7H,8H2,1H3,(H,19,21). The highest BCUT2D eigenvalue weighted by Crippen LogP contribution is 2.36. The van der Waals surface area contributed by atoms with E-state index in [1.165, 1.54) is 12.1 Å². The lowest BCUT2D eigenvalue weighted by molar-refractivity contribution is -0.0328. The normalized spacial score (nSPS) is 11.8. The number of benzene rings is 1. The van der Waals surface area contributed by atoms with Crippen LogP contribution in [0, 0.1) is 6.92 Å². The first-order chi connectivity index (χ1) is 10.9. The van der Waals surface area contributed by atoms with Crippen molar-refractivity contribution in [2.75, 3.05) is 5.32 Å². The summed E-state index contributed by atoms with van der Waals surface area (Å²) in [6.07, 6.45) is 0. The van der Waals surface area contributed by atoms with Crippen LogP contribution >= 0.6 is 11.8 Å². The number of thioether (sulfide) groups is 1. The number of alkyl halides is 3. The fourth-order valence-electron chi connectivity index (χ4n) is 2.04. The van der Waals surface area contributed by atoms with Crippen molar-refractivity contribution < 1.29 is 17.7 Å². The van der Waals surface area contributed by atoms with E-state index in [-0.39, 0.29) is 16.7 Å². The number of rotatable bonds is 4. The number of halogens is 3. The third-order valence-corrected chi connectivity index (χ3v) is 3.83. The van der Waals surface area contributed by atoms with Crippen LogP contribution in [0.1, 0.15) is 11.3 Å². The third-order valence-electron chi connectivity index (χ3n) is 3.09. The van der Waals surface area contributed by atoms with Crippen molar-refractivity contribution in [1.82, 2.24) is 10.1 Å². The fraction of sp³-hybridized carbons (Fsp3) is 0.200. The molecule has 1 aromatic carbocycles. The monoisotopic (exact) mass is 339 g/mol. The van der Waals surface area contributed by atoms with Crippen LogP contribution < -0.4 is 5.32 Å². The van der Waals surface area contributed by atoms with Gasteiger partial charge in [-0.25, -0.2) is 4.98 Å². The minimum Gasteiger partial charge on any atom is -0.363 e. The molecule has 0 spiro atoms. The van der Waals surface area contributed by atoms with E-state index in [1.807, 2.05) is 19.1 Å². The average molecular weight is 339 g/mol. The Morgan fingerprint density at radius 2 is 1.87 bits per heavy atom. The smallest absolute Gasteiger partial charge is 0.363 e. The van der Waals surface area contributed by atoms with Gasteiger partial charge in [0.15, 0.2) is 5.82 Å². The molecule has 0 aliphatic rings. The van der Waals surface area contributed by atoms with Crippen LogP contribution in [-0.4, -0.2) is 15.6 Å². The van der Waals surface area contributed by atoms with E-state index in [4.69, 9.17) is 4.52 Å². The fourth-order valence-corrected chi connectivity index (χ4v) is 2.58. The summed E-state index contributed by atoms with van der Waals surface area (Å²) in [6, 6.07) is 9.90. The predicted molar refractivity (Wildman–Crippen MR) is 82.2 cm³/mol. The molecule has 0 bridgehead atoms. The van der Waals surface area contributed by atoms with Gasteiger partial charge < -0.3 is 9.84 Å². The van der Waals surface area contributed by atoms with Gasteiger partial charge in [-0.05, 0) is 48.5 Å². The number of aromatic nitrogens is 2. The van der Waals surface area contributed by atoms with Crippen molar-refractivity contribution >= 4 is 28.7 Å². The van der Waals surface area contributed by atoms with Crippen LogP contribution in [0.2, 0.25) is 0 Å². The Balaban J connectivity index is 1.68. The Hall–Kier alpha value is -2.22. The molecule has 0 unspecified atom stereocenters. The zero-order chi connectivity index (χ0) is 16.4. The number of hydrogen-bond donors (Lipinski definition) is 1. The number of anilines is 1. The quantitative estimate of drug-likeness (QED) is 0.695. The largest absolute Gasteiger partial charge is 0.446 e. The second-order valence-electron chi connectivity index (χ2n) is 4.88. The van der Waals surface area contributed by atoms with Crippen LogP contribution in [0.3, 0.4) is 0 Å². The lowest BCUT2D eigenvalue weighted by Gasteiger charge is -2.07. The summed E-state index contributed by atoms with van der Waals surface area (Å²) < 4.78 is 42.0. The van der Waals surface area contributed by atoms with Crippen molar-refractivity contribution in [3.63, 3.8) is 0 Å². The Kier molecular flexibility index (Phi) is 4.16. The summed E-state index contributed by atoms with van der Waals surface area (Å²) in [7, 11) is 0. The predicted octanol–water partition coefficient (Wildman–Crippen LogP) is 4.76. The van der Waals surface area contributed by atoms with Gasteiger partial charge in [0.25, 0.3) is 5.71 Å². The van der Waals surface area contributed by atoms with Gasteiger partial charge in [-0.3, -0.25) is 0 Å². The van der Waals surface area contributed by atoms with Crippen molar-refractivity contribution in [2.24, 2.45) is 0 Å². The first-order valence-corrected chi connectivity index (χ1v) is 7.54. The van der Waals surface area contributed by atoms with Gasteiger partial charge in [0.05, 0.1) is 5.39 Å². The minimum absolute atomic E-state index is 0.128. The van der Waals surface area contributed by atoms with E-state index in [1.54, 1.807) is 12.1 Å². The number of nitrogens with one attached hydrogen (secondary N) is 1. The summed E-state index contributed by atoms with van der Waals surface area (Å²) in [4.78, 5) is 4.38. The molecule has 2 aromatic heterocycles. The van der Waals surface area contributed by atoms with Gasteiger partial charge in [-0.15, -0.1) is 0 Å². The molecule has 0 radical (unpaired) electrons. The molecule has 8 heteroatoms. The number of hydrogen-bond acceptors (Lipinski definition) is 5. The van der Waals surface area contributed by atoms with Gasteiger partial charge >= 0.3 is 5.51 Å². The Morgan fingerprint density at radius 1 is 1.13 bits per heavy atom. The van der Waals surface area contributed by atoms with Crippen LogP contribution in [0.15, 0.2) is 45.8 Å². The molecule has 0 aliphatic carbocycles. The molecule has 0 aliphatic heterocycles. The van der Waals surface area contributed by atoms with E-state index in [0.29, 0.717) is 18.1 Å². The summed E-state index contributed by atoms with van der Waals surface area (Å²) in [5.74, 6) is 0.557. The number of aryl methyl sites for hydroxylation is 1. The third kappa shape index (κ3) is 3.95. The Labute approximate surface area is 134 Å². The summed E-state index contributed by atoms with van der Waals surface area (Å²) in [6.45, 7) is 2.28. The van der Waals surface area contributed by atoms with E-state index in [2.05, 4.69) is 15.5 Å². The maximum Gasteiger partial charge on any atom is 0.446 e. The van der Waals surface area contributed by atoms with Crippen molar-refractivity contribution in [1.29, 1.82) is 0 Å². The Morgan fingerprint density at radius 3 is 2.57 bits per heavy atom. The zero-order valence-corrected chi connectivity index (χ0v) is 12.8. The number of nitrogens with zero attached hydrogens (tertiary/aromatic N) is 2. The van der Waals surface area contributed by atoms with Crippen molar-refractivity contribution in [3.8, 4) is 0 Å². The van der Waals surface area contributed by atoms with E-state index in [0.717, 1.165) is 16.6 Å². The second-order valence-corrected chi connectivity index (χ2v) is 6.02. The van der Waals surface area contributed by atoms with Crippen LogP contribution in [0.25, 0.3) is 11.1 Å². The maximum absolute atomic E-state index is 12.3. The number of fused-ring (bicyclic) bond motifs is 1. The van der Waals surface area contributed by atoms with Crippen molar-refractivity contribution in [3.05, 3.63) is 47.7 Å². The molecule has 1 N–H and O–H groups in total. The minimum atomic E-state index is -4.27. The topological polar surface area (TPSA) is 51.0 Å². The molecule has 0 saturated heterocycles. The highest BCUT2D eigenvalue weighted by Gasteiger charge is 2.28. The molecule has 0 saturated carbocycles. The molecule has 0 atom stereocenters. The SMILES string of the molecule is Cc1ccc2c(NCc3ccc(SC(F)(F)F)cc3)noc2n1. The molecule has 0 amide bonds. The van der Waals surface area contributed by atoms with E-state index < -0.39 is 5.51 Å². The first-order valence-electron chi connectivity index (χ1n) is 6.72.